The maximum atomic E-state index is 12.2. The minimum atomic E-state index is -1.00. The predicted molar refractivity (Wildman–Crippen MR) is 110 cm³/mol. The number of hydrogen-bond acceptors (Lipinski definition) is 3. The molecule has 144 valence electrons. The maximum absolute atomic E-state index is 12.2. The summed E-state index contributed by atoms with van der Waals surface area (Å²) in [6, 6.07) is 5.31. The molecule has 0 aliphatic carbocycles. The summed E-state index contributed by atoms with van der Waals surface area (Å²) in [6.45, 7) is 7.89. The van der Waals surface area contributed by atoms with E-state index >= 15 is 0 Å². The third kappa shape index (κ3) is 8.86. The van der Waals surface area contributed by atoms with E-state index in [1.54, 1.807) is 12.1 Å². The van der Waals surface area contributed by atoms with Gasteiger partial charge in [0.05, 0.1) is 0 Å². The van der Waals surface area contributed by atoms with Gasteiger partial charge in [-0.2, -0.15) is 0 Å². The zero-order valence-electron chi connectivity index (χ0n) is 16.5. The van der Waals surface area contributed by atoms with Crippen LogP contribution in [0.5, 0.6) is 5.75 Å². The van der Waals surface area contributed by atoms with Crippen molar-refractivity contribution in [1.29, 1.82) is 0 Å². The van der Waals surface area contributed by atoms with Gasteiger partial charge in [0.15, 0.2) is 0 Å². The molecule has 0 heterocycles. The van der Waals surface area contributed by atoms with Crippen molar-refractivity contribution in [1.82, 2.24) is 0 Å². The van der Waals surface area contributed by atoms with Crippen LogP contribution in [-0.2, 0) is 16.0 Å². The van der Waals surface area contributed by atoms with Gasteiger partial charge in [0, 0.05) is 12.5 Å². The summed E-state index contributed by atoms with van der Waals surface area (Å²) in [6.07, 6.45) is 12.1. The minimum Gasteiger partial charge on any atom is -0.478 e. The molecule has 1 aromatic carbocycles. The molecule has 0 saturated carbocycles. The molecule has 0 bridgehead atoms. The van der Waals surface area contributed by atoms with Crippen LogP contribution in [-0.4, -0.2) is 17.0 Å². The quantitative estimate of drug-likeness (QED) is 0.205. The molecule has 0 aliphatic heterocycles. The molecule has 0 amide bonds. The molecule has 4 heteroatoms. The third-order valence-corrected chi connectivity index (χ3v) is 3.83. The number of benzene rings is 1. The Kier molecular flexibility index (Phi) is 9.59. The fourth-order valence-electron chi connectivity index (χ4n) is 2.40. The van der Waals surface area contributed by atoms with E-state index in [-0.39, 0.29) is 5.97 Å². The Hall–Kier alpha value is -2.88. The Labute approximate surface area is 161 Å². The van der Waals surface area contributed by atoms with E-state index in [9.17, 15) is 9.59 Å². The van der Waals surface area contributed by atoms with Crippen LogP contribution in [0.3, 0.4) is 0 Å². The lowest BCUT2D eigenvalue weighted by Crippen LogP contribution is -2.09. The number of ether oxygens (including phenoxy) is 1. The highest BCUT2D eigenvalue weighted by molar-refractivity contribution is 5.85. The van der Waals surface area contributed by atoms with Gasteiger partial charge >= 0.3 is 11.9 Å². The first kappa shape index (κ1) is 22.2. The van der Waals surface area contributed by atoms with Crippen molar-refractivity contribution in [2.45, 2.75) is 47.0 Å². The lowest BCUT2D eigenvalue weighted by atomic mass is 10.0. The van der Waals surface area contributed by atoms with E-state index in [4.69, 9.17) is 9.84 Å². The average molecular weight is 368 g/mol. The number of allylic oxidation sites excluding steroid dienone is 6. The molecule has 27 heavy (non-hydrogen) atoms. The van der Waals surface area contributed by atoms with Crippen LogP contribution in [0.25, 0.3) is 6.08 Å². The average Bonchev–Trinajstić information content (AvgIpc) is 2.62. The molecule has 0 radical (unpaired) electrons. The van der Waals surface area contributed by atoms with Gasteiger partial charge in [-0.05, 0) is 69.9 Å². The van der Waals surface area contributed by atoms with E-state index in [2.05, 4.69) is 0 Å². The summed E-state index contributed by atoms with van der Waals surface area (Å²) in [7, 11) is 0. The standard InChI is InChI=1S/C23H28O4/c1-5-7-18(6-2)11-15-23(26)27-21-13-9-19(10-14-22(24)25)16-20(21)12-8-17(3)4/h5-10,13-14,16H,11-12,15H2,1-4H3,(H,24,25)/b7-5-,14-10+,18-6+. The van der Waals surface area contributed by atoms with Gasteiger partial charge in [-0.25, -0.2) is 4.79 Å². The first-order valence-corrected chi connectivity index (χ1v) is 9.01. The molecule has 0 aliphatic rings. The van der Waals surface area contributed by atoms with Gasteiger partial charge < -0.3 is 9.84 Å². The Morgan fingerprint density at radius 3 is 2.44 bits per heavy atom. The van der Waals surface area contributed by atoms with Gasteiger partial charge in [0.2, 0.25) is 0 Å². The first-order valence-electron chi connectivity index (χ1n) is 9.01. The monoisotopic (exact) mass is 368 g/mol. The highest BCUT2D eigenvalue weighted by Crippen LogP contribution is 2.23. The van der Waals surface area contributed by atoms with Gasteiger partial charge in [-0.3, -0.25) is 4.79 Å². The van der Waals surface area contributed by atoms with Crippen LogP contribution < -0.4 is 4.74 Å². The summed E-state index contributed by atoms with van der Waals surface area (Å²) in [5.41, 5.74) is 3.84. The number of esters is 1. The molecular weight excluding hydrogens is 340 g/mol. The van der Waals surface area contributed by atoms with Gasteiger partial charge in [-0.1, -0.05) is 41.5 Å². The van der Waals surface area contributed by atoms with E-state index in [0.29, 0.717) is 25.0 Å². The zero-order valence-corrected chi connectivity index (χ0v) is 16.5. The largest absolute Gasteiger partial charge is 0.478 e. The summed E-state index contributed by atoms with van der Waals surface area (Å²) in [4.78, 5) is 23.0. The summed E-state index contributed by atoms with van der Waals surface area (Å²) < 4.78 is 5.57. The van der Waals surface area contributed by atoms with Crippen molar-refractivity contribution in [2.75, 3.05) is 0 Å². The van der Waals surface area contributed by atoms with E-state index in [1.165, 1.54) is 6.08 Å². The molecule has 0 saturated heterocycles. The van der Waals surface area contributed by atoms with Crippen molar-refractivity contribution in [3.63, 3.8) is 0 Å². The fraction of sp³-hybridized carbons (Fsp3) is 0.304. The van der Waals surface area contributed by atoms with Crippen molar-refractivity contribution < 1.29 is 19.4 Å². The van der Waals surface area contributed by atoms with Gasteiger partial charge in [0.1, 0.15) is 5.75 Å². The molecule has 0 atom stereocenters. The molecule has 0 aromatic heterocycles. The zero-order chi connectivity index (χ0) is 20.2. The normalized spacial score (nSPS) is 11.8. The number of aliphatic carboxylic acids is 1. The van der Waals surface area contributed by atoms with Crippen LogP contribution in [0, 0.1) is 0 Å². The molecular formula is C23H28O4. The summed E-state index contributed by atoms with van der Waals surface area (Å²) >= 11 is 0. The van der Waals surface area contributed by atoms with Crippen molar-refractivity contribution >= 4 is 18.0 Å². The highest BCUT2D eigenvalue weighted by Gasteiger charge is 2.10. The minimum absolute atomic E-state index is 0.286. The Bertz CT molecular complexity index is 776. The van der Waals surface area contributed by atoms with Crippen LogP contribution >= 0.6 is 0 Å². The van der Waals surface area contributed by atoms with Crippen LogP contribution in [0.4, 0.5) is 0 Å². The topological polar surface area (TPSA) is 63.6 Å². The van der Waals surface area contributed by atoms with Crippen LogP contribution in [0.1, 0.15) is 51.7 Å². The Balaban J connectivity index is 2.95. The van der Waals surface area contributed by atoms with E-state index < -0.39 is 5.97 Å². The summed E-state index contributed by atoms with van der Waals surface area (Å²) in [5.74, 6) is -0.776. The number of carbonyl (C=O) groups excluding carboxylic acids is 1. The molecule has 4 nitrogen and oxygen atoms in total. The molecule has 0 unspecified atom stereocenters. The second-order valence-corrected chi connectivity index (χ2v) is 6.36. The first-order chi connectivity index (χ1) is 12.8. The lowest BCUT2D eigenvalue weighted by Gasteiger charge is -2.11. The van der Waals surface area contributed by atoms with E-state index in [0.717, 1.165) is 28.3 Å². The molecule has 1 aromatic rings. The summed E-state index contributed by atoms with van der Waals surface area (Å²) in [5, 5.41) is 8.78. The van der Waals surface area contributed by atoms with Crippen molar-refractivity contribution in [3.05, 3.63) is 70.9 Å². The second-order valence-electron chi connectivity index (χ2n) is 6.36. The smallest absolute Gasteiger partial charge is 0.328 e. The molecule has 1 rings (SSSR count). The van der Waals surface area contributed by atoms with Gasteiger partial charge in [0.25, 0.3) is 0 Å². The number of carboxylic acid groups (broad SMARTS) is 1. The van der Waals surface area contributed by atoms with Crippen molar-refractivity contribution in [3.8, 4) is 5.75 Å². The number of carboxylic acids is 1. The van der Waals surface area contributed by atoms with E-state index in [1.807, 2.05) is 58.1 Å². The fourth-order valence-corrected chi connectivity index (χ4v) is 2.40. The van der Waals surface area contributed by atoms with Gasteiger partial charge in [-0.15, -0.1) is 0 Å². The molecule has 1 N–H and O–H groups in total. The van der Waals surface area contributed by atoms with Crippen molar-refractivity contribution in [2.24, 2.45) is 0 Å². The SMILES string of the molecule is C/C=C\C(=C/C)CCC(=O)Oc1ccc(/C=C/C(=O)O)cc1CC=C(C)C. The highest BCUT2D eigenvalue weighted by atomic mass is 16.5. The number of rotatable bonds is 9. The molecule has 0 spiro atoms. The Morgan fingerprint density at radius 2 is 1.85 bits per heavy atom. The lowest BCUT2D eigenvalue weighted by molar-refractivity contribution is -0.134. The maximum Gasteiger partial charge on any atom is 0.328 e. The molecule has 0 fully saturated rings. The predicted octanol–water partition coefficient (Wildman–Crippen LogP) is 5.50. The second kappa shape index (κ2) is 11.7. The van der Waals surface area contributed by atoms with Crippen LogP contribution in [0.2, 0.25) is 0 Å². The Morgan fingerprint density at radius 1 is 1.11 bits per heavy atom. The van der Waals surface area contributed by atoms with Crippen LogP contribution in [0.15, 0.2) is 59.7 Å². The number of hydrogen-bond donors (Lipinski definition) is 1. The third-order valence-electron chi connectivity index (χ3n) is 3.83. The number of carbonyl (C=O) groups is 2.